The van der Waals surface area contributed by atoms with Crippen LogP contribution in [0.25, 0.3) is 0 Å². The molecule has 0 N–H and O–H groups in total. The molecule has 6 heteroatoms. The van der Waals surface area contributed by atoms with Crippen LogP contribution in [-0.4, -0.2) is 32.5 Å². The summed E-state index contributed by atoms with van der Waals surface area (Å²) in [6.07, 6.45) is 8.53. The van der Waals surface area contributed by atoms with Gasteiger partial charge in [0.1, 0.15) is 5.54 Å². The first kappa shape index (κ1) is 15.3. The highest BCUT2D eigenvalue weighted by Crippen LogP contribution is 2.42. The predicted molar refractivity (Wildman–Crippen MR) is 87.5 cm³/mol. The molecule has 1 saturated heterocycles. The van der Waals surface area contributed by atoms with Crippen molar-refractivity contribution >= 4 is 5.91 Å². The zero-order chi connectivity index (χ0) is 16.7. The summed E-state index contributed by atoms with van der Waals surface area (Å²) in [5, 5.41) is 4.22. The van der Waals surface area contributed by atoms with Crippen molar-refractivity contribution in [1.82, 2.24) is 20.0 Å². The Morgan fingerprint density at radius 3 is 2.92 bits per heavy atom. The van der Waals surface area contributed by atoms with Gasteiger partial charge in [0.2, 0.25) is 5.89 Å². The number of carbonyl (C=O) groups excluding carboxylic acids is 1. The zero-order valence-electron chi connectivity index (χ0n) is 14.2. The molecule has 6 nitrogen and oxygen atoms in total. The summed E-state index contributed by atoms with van der Waals surface area (Å²) < 4.78 is 5.45. The van der Waals surface area contributed by atoms with E-state index in [2.05, 4.69) is 22.0 Å². The molecule has 4 rings (SSSR count). The van der Waals surface area contributed by atoms with Crippen molar-refractivity contribution in [1.29, 1.82) is 0 Å². The third-order valence-electron chi connectivity index (χ3n) is 5.11. The highest BCUT2D eigenvalue weighted by Gasteiger charge is 2.44. The molecule has 0 radical (unpaired) electrons. The Balaban J connectivity index is 1.67. The normalized spacial score (nSPS) is 24.2. The first-order valence-electron chi connectivity index (χ1n) is 8.65. The zero-order valence-corrected chi connectivity index (χ0v) is 14.2. The number of amides is 1. The lowest BCUT2D eigenvalue weighted by Crippen LogP contribution is -2.51. The third-order valence-corrected chi connectivity index (χ3v) is 5.11. The second kappa shape index (κ2) is 5.69. The maximum absolute atomic E-state index is 13.1. The SMILES string of the molecule is Cc1cncc(C(=O)N2CCCCC2(C)c2noc(C3CC3)n2)c1. The fourth-order valence-corrected chi connectivity index (χ4v) is 3.46. The minimum absolute atomic E-state index is 0.00817. The molecule has 0 spiro atoms. The lowest BCUT2D eigenvalue weighted by atomic mass is 9.87. The molecule has 24 heavy (non-hydrogen) atoms. The number of hydrogen-bond donors (Lipinski definition) is 0. The van der Waals surface area contributed by atoms with Crippen LogP contribution in [0.4, 0.5) is 0 Å². The maximum atomic E-state index is 13.1. The molecule has 1 saturated carbocycles. The van der Waals surface area contributed by atoms with Gasteiger partial charge in [-0.3, -0.25) is 9.78 Å². The van der Waals surface area contributed by atoms with Gasteiger partial charge in [-0.05, 0) is 57.6 Å². The van der Waals surface area contributed by atoms with Gasteiger partial charge >= 0.3 is 0 Å². The summed E-state index contributed by atoms with van der Waals surface area (Å²) in [5.41, 5.74) is 1.08. The number of aromatic nitrogens is 3. The molecule has 1 atom stereocenters. The lowest BCUT2D eigenvalue weighted by Gasteiger charge is -2.42. The molecule has 1 amide bonds. The van der Waals surface area contributed by atoms with E-state index in [9.17, 15) is 4.79 Å². The number of carbonyl (C=O) groups is 1. The Labute approximate surface area is 141 Å². The summed E-state index contributed by atoms with van der Waals surface area (Å²) in [5.74, 6) is 1.77. The molecule has 2 aromatic heterocycles. The number of aryl methyl sites for hydroxylation is 1. The van der Waals surface area contributed by atoms with Crippen molar-refractivity contribution in [2.24, 2.45) is 0 Å². The average Bonchev–Trinajstić information content (AvgIpc) is 3.31. The summed E-state index contributed by atoms with van der Waals surface area (Å²) in [7, 11) is 0. The minimum atomic E-state index is -0.518. The standard InChI is InChI=1S/C18H22N4O2/c1-12-9-14(11-19-10-12)16(23)22-8-4-3-7-18(22,2)17-20-15(24-21-17)13-5-6-13/h9-11,13H,3-8H2,1-2H3. The Morgan fingerprint density at radius 1 is 1.33 bits per heavy atom. The molecule has 2 aliphatic rings. The van der Waals surface area contributed by atoms with Gasteiger partial charge in [0.15, 0.2) is 5.82 Å². The van der Waals surface area contributed by atoms with Crippen LogP contribution in [0, 0.1) is 6.92 Å². The number of pyridine rings is 1. The highest BCUT2D eigenvalue weighted by atomic mass is 16.5. The van der Waals surface area contributed by atoms with Crippen molar-refractivity contribution in [2.75, 3.05) is 6.54 Å². The van der Waals surface area contributed by atoms with Gasteiger partial charge in [0, 0.05) is 24.9 Å². The van der Waals surface area contributed by atoms with Crippen molar-refractivity contribution in [2.45, 2.75) is 57.4 Å². The van der Waals surface area contributed by atoms with Crippen LogP contribution in [0.1, 0.15) is 72.6 Å². The van der Waals surface area contributed by atoms with E-state index in [0.717, 1.165) is 43.6 Å². The number of likely N-dealkylation sites (tertiary alicyclic amines) is 1. The van der Waals surface area contributed by atoms with Gasteiger partial charge in [-0.2, -0.15) is 4.98 Å². The molecule has 1 unspecified atom stereocenters. The molecule has 3 heterocycles. The van der Waals surface area contributed by atoms with E-state index in [4.69, 9.17) is 4.52 Å². The van der Waals surface area contributed by atoms with Crippen molar-refractivity contribution in [3.8, 4) is 0 Å². The van der Waals surface area contributed by atoms with Gasteiger partial charge < -0.3 is 9.42 Å². The molecule has 1 aliphatic carbocycles. The molecule has 2 fully saturated rings. The van der Waals surface area contributed by atoms with Gasteiger partial charge in [0.25, 0.3) is 5.91 Å². The van der Waals surface area contributed by atoms with Crippen molar-refractivity contribution < 1.29 is 9.32 Å². The van der Waals surface area contributed by atoms with Crippen LogP contribution >= 0.6 is 0 Å². The predicted octanol–water partition coefficient (Wildman–Crippen LogP) is 3.19. The Hall–Kier alpha value is -2.24. The molecule has 0 aromatic carbocycles. The van der Waals surface area contributed by atoms with E-state index in [1.54, 1.807) is 12.4 Å². The molecule has 0 bridgehead atoms. The van der Waals surface area contributed by atoms with Crippen LogP contribution in [0.3, 0.4) is 0 Å². The number of hydrogen-bond acceptors (Lipinski definition) is 5. The van der Waals surface area contributed by atoms with Crippen molar-refractivity contribution in [3.63, 3.8) is 0 Å². The van der Waals surface area contributed by atoms with E-state index in [-0.39, 0.29) is 5.91 Å². The number of nitrogens with zero attached hydrogens (tertiary/aromatic N) is 4. The second-order valence-electron chi connectivity index (χ2n) is 7.17. The van der Waals surface area contributed by atoms with Gasteiger partial charge in [-0.15, -0.1) is 0 Å². The van der Waals surface area contributed by atoms with Crippen molar-refractivity contribution in [3.05, 3.63) is 41.3 Å². The number of piperidine rings is 1. The van der Waals surface area contributed by atoms with E-state index >= 15 is 0 Å². The van der Waals surface area contributed by atoms with Gasteiger partial charge in [-0.1, -0.05) is 5.16 Å². The molecular formula is C18H22N4O2. The van der Waals surface area contributed by atoms with E-state index in [0.29, 0.717) is 23.9 Å². The van der Waals surface area contributed by atoms with Crippen LogP contribution < -0.4 is 0 Å². The van der Waals surface area contributed by atoms with Crippen LogP contribution in [-0.2, 0) is 5.54 Å². The van der Waals surface area contributed by atoms with Crippen LogP contribution in [0.15, 0.2) is 23.0 Å². The van der Waals surface area contributed by atoms with Gasteiger partial charge in [0.05, 0.1) is 5.56 Å². The Morgan fingerprint density at radius 2 is 2.17 bits per heavy atom. The Bertz CT molecular complexity index is 768. The summed E-state index contributed by atoms with van der Waals surface area (Å²) in [4.78, 5) is 23.8. The third kappa shape index (κ3) is 2.60. The highest BCUT2D eigenvalue weighted by molar-refractivity contribution is 5.94. The Kier molecular flexibility index (Phi) is 3.62. The smallest absolute Gasteiger partial charge is 0.256 e. The summed E-state index contributed by atoms with van der Waals surface area (Å²) >= 11 is 0. The maximum Gasteiger partial charge on any atom is 0.256 e. The minimum Gasteiger partial charge on any atom is -0.339 e. The van der Waals surface area contributed by atoms with E-state index in [1.165, 1.54) is 0 Å². The van der Waals surface area contributed by atoms with E-state index in [1.807, 2.05) is 17.9 Å². The molecule has 1 aliphatic heterocycles. The largest absolute Gasteiger partial charge is 0.339 e. The van der Waals surface area contributed by atoms with Gasteiger partial charge in [-0.25, -0.2) is 0 Å². The lowest BCUT2D eigenvalue weighted by molar-refractivity contribution is 0.0324. The van der Waals surface area contributed by atoms with Crippen LogP contribution in [0.2, 0.25) is 0 Å². The first-order valence-corrected chi connectivity index (χ1v) is 8.65. The fourth-order valence-electron chi connectivity index (χ4n) is 3.46. The summed E-state index contributed by atoms with van der Waals surface area (Å²) in [6.45, 7) is 4.70. The monoisotopic (exact) mass is 326 g/mol. The average molecular weight is 326 g/mol. The topological polar surface area (TPSA) is 72.1 Å². The molecule has 126 valence electrons. The van der Waals surface area contributed by atoms with E-state index < -0.39 is 5.54 Å². The first-order chi connectivity index (χ1) is 11.6. The number of rotatable bonds is 3. The quantitative estimate of drug-likeness (QED) is 0.866. The molecular weight excluding hydrogens is 304 g/mol. The summed E-state index contributed by atoms with van der Waals surface area (Å²) in [6, 6.07) is 1.89. The second-order valence-corrected chi connectivity index (χ2v) is 7.17. The fraction of sp³-hybridized carbons (Fsp3) is 0.556. The van der Waals surface area contributed by atoms with Crippen LogP contribution in [0.5, 0.6) is 0 Å². The molecule has 2 aromatic rings.